The molecule has 46 valence electrons. The van der Waals surface area contributed by atoms with Crippen molar-refractivity contribution in [3.05, 3.63) is 4.91 Å². The number of ether oxygens (including phenoxy) is 1. The third-order valence-corrected chi connectivity index (χ3v) is 1.10. The van der Waals surface area contributed by atoms with E-state index in [1.54, 1.807) is 0 Å². The summed E-state index contributed by atoms with van der Waals surface area (Å²) >= 11 is 0. The predicted octanol–water partition coefficient (Wildman–Crippen LogP) is -0.486. The van der Waals surface area contributed by atoms with Crippen molar-refractivity contribution in [1.29, 1.82) is 0 Å². The molecule has 0 aromatic carbocycles. The van der Waals surface area contributed by atoms with Gasteiger partial charge in [-0.25, -0.2) is 0 Å². The zero-order valence-electron chi connectivity index (χ0n) is 4.33. The molecule has 1 fully saturated rings. The van der Waals surface area contributed by atoms with E-state index in [0.717, 1.165) is 0 Å². The first kappa shape index (κ1) is 5.65. The summed E-state index contributed by atoms with van der Waals surface area (Å²) in [6.07, 6.45) is 0. The molecule has 1 N–H and O–H groups in total. The molecule has 1 heterocycles. The van der Waals surface area contributed by atoms with Crippen molar-refractivity contribution >= 4 is 0 Å². The topological polar surface area (TPSA) is 58.9 Å². The van der Waals surface area contributed by atoms with Crippen LogP contribution in [0.25, 0.3) is 0 Å². The highest BCUT2D eigenvalue weighted by Crippen LogP contribution is 2.15. The van der Waals surface area contributed by atoms with Gasteiger partial charge in [0.05, 0.1) is 13.2 Å². The third-order valence-electron chi connectivity index (χ3n) is 1.10. The van der Waals surface area contributed by atoms with Gasteiger partial charge in [0, 0.05) is 0 Å². The van der Waals surface area contributed by atoms with E-state index < -0.39 is 5.60 Å². The molecule has 4 heteroatoms. The van der Waals surface area contributed by atoms with E-state index in [9.17, 15) is 4.91 Å². The van der Waals surface area contributed by atoms with E-state index in [0.29, 0.717) is 0 Å². The number of hydrogen-bond donors (Lipinski definition) is 1. The maximum Gasteiger partial charge on any atom is 0.134 e. The summed E-state index contributed by atoms with van der Waals surface area (Å²) in [5.74, 6) is 0. The number of nitroso groups, excluding NO2 is 1. The average Bonchev–Trinajstić information content (AvgIpc) is 1.64. The fourth-order valence-electron chi connectivity index (χ4n) is 0.549. The highest BCUT2D eigenvalue weighted by atomic mass is 16.5. The molecule has 1 saturated heterocycles. The first-order chi connectivity index (χ1) is 3.77. The van der Waals surface area contributed by atoms with Crippen molar-refractivity contribution in [2.45, 2.75) is 5.60 Å². The second kappa shape index (κ2) is 1.80. The van der Waals surface area contributed by atoms with Gasteiger partial charge in [0.1, 0.15) is 12.1 Å². The minimum Gasteiger partial charge on any atom is -0.383 e. The van der Waals surface area contributed by atoms with Gasteiger partial charge in [0.25, 0.3) is 0 Å². The van der Waals surface area contributed by atoms with Crippen molar-refractivity contribution in [3.63, 3.8) is 0 Å². The second-order valence-corrected chi connectivity index (χ2v) is 2.00. The van der Waals surface area contributed by atoms with Crippen molar-refractivity contribution in [1.82, 2.24) is 0 Å². The Morgan fingerprint density at radius 2 is 2.38 bits per heavy atom. The Kier molecular flexibility index (Phi) is 1.27. The molecular weight excluding hydrogens is 110 g/mol. The lowest BCUT2D eigenvalue weighted by Gasteiger charge is -2.33. The van der Waals surface area contributed by atoms with Crippen LogP contribution in [0.1, 0.15) is 0 Å². The van der Waals surface area contributed by atoms with E-state index >= 15 is 0 Å². The molecule has 4 nitrogen and oxygen atoms in total. The first-order valence-corrected chi connectivity index (χ1v) is 2.36. The van der Waals surface area contributed by atoms with Gasteiger partial charge in [-0.3, -0.25) is 0 Å². The lowest BCUT2D eigenvalue weighted by molar-refractivity contribution is -0.170. The Labute approximate surface area is 46.4 Å². The molecule has 0 atom stereocenters. The van der Waals surface area contributed by atoms with Gasteiger partial charge in [0.2, 0.25) is 0 Å². The summed E-state index contributed by atoms with van der Waals surface area (Å²) in [7, 11) is 0. The average molecular weight is 117 g/mol. The molecule has 1 rings (SSSR count). The van der Waals surface area contributed by atoms with Crippen LogP contribution in [0, 0.1) is 4.91 Å². The Balaban J connectivity index is 2.29. The van der Waals surface area contributed by atoms with E-state index in [-0.39, 0.29) is 19.8 Å². The van der Waals surface area contributed by atoms with Gasteiger partial charge in [-0.1, -0.05) is 5.18 Å². The lowest BCUT2D eigenvalue weighted by atomic mass is 10.0. The zero-order chi connectivity index (χ0) is 6.04. The molecule has 0 radical (unpaired) electrons. The molecule has 1 aliphatic rings. The van der Waals surface area contributed by atoms with Gasteiger partial charge in [-0.05, 0) is 0 Å². The second-order valence-electron chi connectivity index (χ2n) is 2.00. The van der Waals surface area contributed by atoms with E-state index in [4.69, 9.17) is 5.11 Å². The largest absolute Gasteiger partial charge is 0.383 e. The summed E-state index contributed by atoms with van der Waals surface area (Å²) < 4.78 is 4.64. The van der Waals surface area contributed by atoms with Gasteiger partial charge < -0.3 is 9.84 Å². The number of rotatable bonds is 2. The fourth-order valence-corrected chi connectivity index (χ4v) is 0.549. The van der Waals surface area contributed by atoms with Crippen LogP contribution in [-0.2, 0) is 4.74 Å². The number of aliphatic hydroxyl groups is 1. The van der Waals surface area contributed by atoms with Gasteiger partial charge >= 0.3 is 0 Å². The van der Waals surface area contributed by atoms with Crippen LogP contribution in [0.15, 0.2) is 5.18 Å². The van der Waals surface area contributed by atoms with E-state index in [2.05, 4.69) is 9.91 Å². The van der Waals surface area contributed by atoms with E-state index in [1.165, 1.54) is 0 Å². The molecule has 0 unspecified atom stereocenters. The summed E-state index contributed by atoms with van der Waals surface area (Å²) in [5, 5.41) is 11.5. The molecule has 8 heavy (non-hydrogen) atoms. The van der Waals surface area contributed by atoms with Gasteiger partial charge in [0.15, 0.2) is 0 Å². The van der Waals surface area contributed by atoms with Crippen LogP contribution >= 0.6 is 0 Å². The fraction of sp³-hybridized carbons (Fsp3) is 1.00. The molecule has 0 spiro atoms. The highest BCUT2D eigenvalue weighted by molar-refractivity contribution is 4.86. The Morgan fingerprint density at radius 1 is 1.75 bits per heavy atom. The van der Waals surface area contributed by atoms with Crippen LogP contribution in [0.2, 0.25) is 0 Å². The SMILES string of the molecule is O=NCC1(O)COC1. The summed E-state index contributed by atoms with van der Waals surface area (Å²) in [4.78, 5) is 9.55. The minimum atomic E-state index is -0.929. The smallest absolute Gasteiger partial charge is 0.134 e. The normalized spacial score (nSPS) is 24.1. The Hall–Kier alpha value is -0.480. The Bertz CT molecular complexity index is 99.5. The van der Waals surface area contributed by atoms with Crippen LogP contribution in [-0.4, -0.2) is 30.5 Å². The van der Waals surface area contributed by atoms with Crippen molar-refractivity contribution in [3.8, 4) is 0 Å². The third kappa shape index (κ3) is 0.850. The molecule has 0 aromatic heterocycles. The molecule has 0 aliphatic carbocycles. The standard InChI is InChI=1S/C4H7NO3/c6-4(1-5-7)2-8-3-4/h6H,1-3H2. The van der Waals surface area contributed by atoms with E-state index in [1.807, 2.05) is 0 Å². The molecular formula is C4H7NO3. The van der Waals surface area contributed by atoms with Crippen molar-refractivity contribution in [2.75, 3.05) is 19.8 Å². The zero-order valence-corrected chi connectivity index (χ0v) is 4.33. The summed E-state index contributed by atoms with van der Waals surface area (Å²) in [6.45, 7) is 0.449. The van der Waals surface area contributed by atoms with Crippen molar-refractivity contribution < 1.29 is 9.84 Å². The summed E-state index contributed by atoms with van der Waals surface area (Å²) in [5.41, 5.74) is -0.929. The summed E-state index contributed by atoms with van der Waals surface area (Å²) in [6, 6.07) is 0. The quantitative estimate of drug-likeness (QED) is 0.496. The maximum atomic E-state index is 9.55. The van der Waals surface area contributed by atoms with Crippen LogP contribution in [0.3, 0.4) is 0 Å². The predicted molar refractivity (Wildman–Crippen MR) is 26.4 cm³/mol. The minimum absolute atomic E-state index is 0.0486. The van der Waals surface area contributed by atoms with Crippen LogP contribution in [0.5, 0.6) is 0 Å². The molecule has 1 aliphatic heterocycles. The molecule has 0 amide bonds. The van der Waals surface area contributed by atoms with Crippen LogP contribution in [0.4, 0.5) is 0 Å². The van der Waals surface area contributed by atoms with Crippen LogP contribution < -0.4 is 0 Å². The number of hydrogen-bond acceptors (Lipinski definition) is 4. The number of nitrogens with zero attached hydrogens (tertiary/aromatic N) is 1. The lowest BCUT2D eigenvalue weighted by Crippen LogP contribution is -2.51. The maximum absolute atomic E-state index is 9.55. The Morgan fingerprint density at radius 3 is 2.50 bits per heavy atom. The monoisotopic (exact) mass is 117 g/mol. The molecule has 0 aromatic rings. The highest BCUT2D eigenvalue weighted by Gasteiger charge is 2.36. The van der Waals surface area contributed by atoms with Gasteiger partial charge in [-0.2, -0.15) is 4.91 Å². The first-order valence-electron chi connectivity index (χ1n) is 2.36. The van der Waals surface area contributed by atoms with Crippen molar-refractivity contribution in [2.24, 2.45) is 5.18 Å². The van der Waals surface area contributed by atoms with Gasteiger partial charge in [-0.15, -0.1) is 0 Å². The molecule has 0 saturated carbocycles. The molecule has 0 bridgehead atoms.